The maximum Gasteiger partial charge on any atom is 0.408 e. The van der Waals surface area contributed by atoms with Crippen LogP contribution in [0.3, 0.4) is 0 Å². The fourth-order valence-electron chi connectivity index (χ4n) is 3.32. The summed E-state index contributed by atoms with van der Waals surface area (Å²) in [4.78, 5) is 25.9. The predicted octanol–water partition coefficient (Wildman–Crippen LogP) is 4.62. The topological polar surface area (TPSA) is 95.4 Å². The highest BCUT2D eigenvalue weighted by Crippen LogP contribution is 2.35. The van der Waals surface area contributed by atoms with Gasteiger partial charge in [-0.25, -0.2) is 9.78 Å². The van der Waals surface area contributed by atoms with Crippen LogP contribution in [0.2, 0.25) is 5.02 Å². The maximum atomic E-state index is 13.2. The summed E-state index contributed by atoms with van der Waals surface area (Å²) >= 11 is 6.21. The normalized spacial score (nSPS) is 12.1. The smallest absolute Gasteiger partial charge is 0.403 e. The van der Waals surface area contributed by atoms with E-state index in [1.165, 1.54) is 37.7 Å². The highest BCUT2D eigenvalue weighted by atomic mass is 35.5. The van der Waals surface area contributed by atoms with Crippen LogP contribution in [0.25, 0.3) is 33.7 Å². The van der Waals surface area contributed by atoms with Gasteiger partial charge in [0.1, 0.15) is 25.0 Å². The number of halogens is 4. The van der Waals surface area contributed by atoms with Crippen LogP contribution in [-0.2, 0) is 11.4 Å². The van der Waals surface area contributed by atoms with Gasteiger partial charge in [-0.15, -0.1) is 0 Å². The average Bonchev–Trinajstić information content (AvgIpc) is 3.14. The zero-order chi connectivity index (χ0) is 23.8. The molecule has 0 N–H and O–H groups in total. The summed E-state index contributed by atoms with van der Waals surface area (Å²) in [7, 11) is 1.39. The first-order valence-corrected chi connectivity index (χ1v) is 9.81. The summed E-state index contributed by atoms with van der Waals surface area (Å²) in [5, 5.41) is 7.79. The van der Waals surface area contributed by atoms with E-state index in [0.29, 0.717) is 21.3 Å². The van der Waals surface area contributed by atoms with E-state index in [1.807, 2.05) is 0 Å². The predicted molar refractivity (Wildman–Crippen MR) is 115 cm³/mol. The highest BCUT2D eigenvalue weighted by Gasteiger charge is 2.32. The molecule has 4 aromatic rings. The summed E-state index contributed by atoms with van der Waals surface area (Å²) in [6.45, 7) is 0.334. The first-order valence-electron chi connectivity index (χ1n) is 9.44. The van der Waals surface area contributed by atoms with Crippen molar-refractivity contribution in [2.24, 2.45) is 5.16 Å². The zero-order valence-corrected chi connectivity index (χ0v) is 18.0. The van der Waals surface area contributed by atoms with Gasteiger partial charge in [0.25, 0.3) is 0 Å². The molecule has 0 aliphatic rings. The molecule has 0 unspecified atom stereocenters. The van der Waals surface area contributed by atoms with Crippen molar-refractivity contribution in [3.63, 3.8) is 0 Å². The first-order chi connectivity index (χ1) is 15.7. The van der Waals surface area contributed by atoms with Crippen LogP contribution in [0.4, 0.5) is 13.2 Å². The molecule has 0 amide bonds. The van der Waals surface area contributed by atoms with Crippen molar-refractivity contribution in [3.8, 4) is 22.8 Å². The monoisotopic (exact) mass is 477 g/mol. The molecule has 1 aromatic carbocycles. The van der Waals surface area contributed by atoms with Crippen LogP contribution >= 0.6 is 11.6 Å². The number of hydrogen-bond acceptors (Lipinski definition) is 7. The molecule has 3 heterocycles. The fraction of sp³-hybridized carbons (Fsp3) is 0.190. The summed E-state index contributed by atoms with van der Waals surface area (Å²) in [6.07, 6.45) is -0.624. The Labute approximate surface area is 189 Å². The largest absolute Gasteiger partial charge is 0.408 e. The second-order valence-corrected chi connectivity index (χ2v) is 7.38. The van der Waals surface area contributed by atoms with Gasteiger partial charge in [0, 0.05) is 6.20 Å². The van der Waals surface area contributed by atoms with Gasteiger partial charge in [0.05, 0.1) is 33.9 Å². The van der Waals surface area contributed by atoms with Gasteiger partial charge < -0.3 is 9.25 Å². The molecule has 0 saturated carbocycles. The van der Waals surface area contributed by atoms with Gasteiger partial charge in [-0.3, -0.25) is 9.67 Å². The van der Waals surface area contributed by atoms with Crippen molar-refractivity contribution in [2.75, 3.05) is 7.11 Å². The zero-order valence-electron chi connectivity index (χ0n) is 17.2. The molecule has 0 aliphatic carbocycles. The third-order valence-electron chi connectivity index (χ3n) is 4.63. The minimum absolute atomic E-state index is 0.0447. The molecule has 0 atom stereocenters. The summed E-state index contributed by atoms with van der Waals surface area (Å²) in [5.74, 6) is -0.209. The number of nitrogens with zero attached hydrogens (tertiary/aromatic N) is 5. The van der Waals surface area contributed by atoms with Crippen molar-refractivity contribution in [1.82, 2.24) is 19.7 Å². The van der Waals surface area contributed by atoms with E-state index in [4.69, 9.17) is 16.0 Å². The molecule has 170 valence electrons. The minimum atomic E-state index is -4.56. The lowest BCUT2D eigenvalue weighted by Gasteiger charge is -2.12. The molecule has 0 radical (unpaired) electrons. The average molecular weight is 478 g/mol. The summed E-state index contributed by atoms with van der Waals surface area (Å²) in [5.41, 5.74) is 0.813. The Kier molecular flexibility index (Phi) is 5.90. The number of pyridine rings is 1. The number of benzene rings is 1. The van der Waals surface area contributed by atoms with E-state index in [-0.39, 0.29) is 33.3 Å². The quantitative estimate of drug-likeness (QED) is 0.307. The second-order valence-electron chi connectivity index (χ2n) is 6.97. The third kappa shape index (κ3) is 4.58. The van der Waals surface area contributed by atoms with Gasteiger partial charge in [-0.1, -0.05) is 16.8 Å². The van der Waals surface area contributed by atoms with E-state index in [0.717, 1.165) is 6.20 Å². The number of oxime groups is 1. The summed E-state index contributed by atoms with van der Waals surface area (Å²) < 4.78 is 45.6. The Bertz CT molecular complexity index is 1430. The van der Waals surface area contributed by atoms with Crippen LogP contribution in [-0.4, -0.2) is 39.2 Å². The molecule has 8 nitrogen and oxygen atoms in total. The Morgan fingerprint density at radius 1 is 1.33 bits per heavy atom. The van der Waals surface area contributed by atoms with Gasteiger partial charge >= 0.3 is 11.8 Å². The fourth-order valence-corrected chi connectivity index (χ4v) is 3.53. The van der Waals surface area contributed by atoms with E-state index >= 15 is 0 Å². The van der Waals surface area contributed by atoms with Crippen LogP contribution < -0.4 is 5.63 Å². The molecule has 3 aromatic heterocycles. The lowest BCUT2D eigenvalue weighted by molar-refractivity contribution is -0.142. The Morgan fingerprint density at radius 3 is 2.82 bits per heavy atom. The van der Waals surface area contributed by atoms with E-state index < -0.39 is 18.3 Å². The third-order valence-corrected chi connectivity index (χ3v) is 4.94. The number of fused-ring (bicyclic) bond motifs is 1. The van der Waals surface area contributed by atoms with E-state index in [2.05, 4.69) is 25.1 Å². The van der Waals surface area contributed by atoms with Crippen molar-refractivity contribution in [3.05, 3.63) is 63.2 Å². The van der Waals surface area contributed by atoms with Crippen LogP contribution in [0.1, 0.15) is 11.1 Å². The lowest BCUT2D eigenvalue weighted by Crippen LogP contribution is -2.19. The van der Waals surface area contributed by atoms with Gasteiger partial charge in [0.15, 0.2) is 0 Å². The molecule has 12 heteroatoms. The molecule has 0 spiro atoms. The SMILES string of the molecule is CO/N=C\c1cc(C)c2nc(-c3cnn(CC(F)(F)F)c3-c3ncccc3Cl)oc(=O)c2c1. The van der Waals surface area contributed by atoms with Crippen LogP contribution in [0.15, 0.2) is 51.0 Å². The minimum Gasteiger partial charge on any atom is -0.403 e. The number of aromatic nitrogens is 4. The van der Waals surface area contributed by atoms with Crippen molar-refractivity contribution in [1.29, 1.82) is 0 Å². The van der Waals surface area contributed by atoms with Gasteiger partial charge in [0.2, 0.25) is 5.89 Å². The first kappa shape index (κ1) is 22.5. The standard InChI is InChI=1S/C21H15ClF3N5O3/c1-11-6-12(8-28-32-2)7-13-16(11)29-19(33-20(13)31)14-9-27-30(10-21(23,24)25)18(14)17-15(22)4-3-5-26-17/h3-9H,10H2,1-2H3/b28-8-. The molecule has 4 rings (SSSR count). The van der Waals surface area contributed by atoms with Crippen molar-refractivity contribution in [2.45, 2.75) is 19.6 Å². The molecular formula is C21H15ClF3N5O3. The second kappa shape index (κ2) is 8.66. The van der Waals surface area contributed by atoms with Crippen LogP contribution in [0, 0.1) is 6.92 Å². The lowest BCUT2D eigenvalue weighted by atomic mass is 10.1. The van der Waals surface area contributed by atoms with E-state index in [9.17, 15) is 18.0 Å². The van der Waals surface area contributed by atoms with Crippen molar-refractivity contribution >= 4 is 28.7 Å². The van der Waals surface area contributed by atoms with Gasteiger partial charge in [-0.05, 0) is 42.3 Å². The van der Waals surface area contributed by atoms with E-state index in [1.54, 1.807) is 13.0 Å². The number of alkyl halides is 3. The van der Waals surface area contributed by atoms with Gasteiger partial charge in [-0.2, -0.15) is 18.3 Å². The Balaban J connectivity index is 1.95. The Morgan fingerprint density at radius 2 is 2.12 bits per heavy atom. The molecular weight excluding hydrogens is 463 g/mol. The maximum absolute atomic E-state index is 13.2. The molecule has 0 saturated heterocycles. The molecule has 0 fully saturated rings. The number of hydrogen-bond donors (Lipinski definition) is 0. The number of aryl methyl sites for hydroxylation is 1. The van der Waals surface area contributed by atoms with Crippen molar-refractivity contribution < 1.29 is 22.4 Å². The molecule has 0 bridgehead atoms. The highest BCUT2D eigenvalue weighted by molar-refractivity contribution is 6.33. The summed E-state index contributed by atoms with van der Waals surface area (Å²) in [6, 6.07) is 6.27. The molecule has 33 heavy (non-hydrogen) atoms. The van der Waals surface area contributed by atoms with Crippen LogP contribution in [0.5, 0.6) is 0 Å². The number of rotatable bonds is 5. The molecule has 0 aliphatic heterocycles. The Hall–Kier alpha value is -3.73.